The summed E-state index contributed by atoms with van der Waals surface area (Å²) in [7, 11) is 1.61. The fraction of sp³-hybridized carbons (Fsp3) is 0.267. The number of aryl methyl sites for hydroxylation is 1. The highest BCUT2D eigenvalue weighted by atomic mass is 35.5. The van der Waals surface area contributed by atoms with Crippen molar-refractivity contribution in [1.82, 2.24) is 4.98 Å². The van der Waals surface area contributed by atoms with Gasteiger partial charge in [-0.25, -0.2) is 4.98 Å². The first-order valence-corrected chi connectivity index (χ1v) is 6.87. The van der Waals surface area contributed by atoms with Crippen LogP contribution in [0.4, 0.5) is 5.69 Å². The zero-order valence-electron chi connectivity index (χ0n) is 11.8. The number of hydrogen-bond acceptors (Lipinski definition) is 5. The highest BCUT2D eigenvalue weighted by Gasteiger charge is 2.20. The lowest BCUT2D eigenvalue weighted by Gasteiger charge is -2.11. The van der Waals surface area contributed by atoms with E-state index in [9.17, 15) is 0 Å². The van der Waals surface area contributed by atoms with E-state index >= 15 is 0 Å². The fourth-order valence-electron chi connectivity index (χ4n) is 2.16. The third kappa shape index (κ3) is 2.83. The molecule has 110 valence electrons. The number of ether oxygens (including phenoxy) is 3. The van der Waals surface area contributed by atoms with Crippen molar-refractivity contribution in [2.45, 2.75) is 13.5 Å². The number of hydrogen-bond donors (Lipinski definition) is 1. The fourth-order valence-corrected chi connectivity index (χ4v) is 2.33. The summed E-state index contributed by atoms with van der Waals surface area (Å²) in [6, 6.07) is 5.80. The number of pyridine rings is 1. The van der Waals surface area contributed by atoms with E-state index in [1.807, 2.05) is 25.1 Å². The first kappa shape index (κ1) is 13.8. The highest BCUT2D eigenvalue weighted by molar-refractivity contribution is 6.31. The molecule has 0 unspecified atom stereocenters. The molecule has 0 saturated carbocycles. The van der Waals surface area contributed by atoms with Gasteiger partial charge in [-0.3, -0.25) is 0 Å². The van der Waals surface area contributed by atoms with Crippen LogP contribution in [-0.2, 0) is 6.54 Å². The maximum atomic E-state index is 6.07. The van der Waals surface area contributed by atoms with Crippen LogP contribution >= 0.6 is 11.6 Å². The largest absolute Gasteiger partial charge is 0.493 e. The summed E-state index contributed by atoms with van der Waals surface area (Å²) in [5, 5.41) is 3.72. The molecule has 0 bridgehead atoms. The molecule has 0 atom stereocenters. The number of aromatic nitrogens is 1. The minimum absolute atomic E-state index is 0.218. The Hall–Kier alpha value is -2.14. The molecule has 0 aliphatic carbocycles. The van der Waals surface area contributed by atoms with Crippen molar-refractivity contribution >= 4 is 17.3 Å². The van der Waals surface area contributed by atoms with Crippen LogP contribution in [0.25, 0.3) is 0 Å². The predicted octanol–water partition coefficient (Wildman–Crippen LogP) is 3.39. The summed E-state index contributed by atoms with van der Waals surface area (Å²) in [5.41, 5.74) is 2.85. The Labute approximate surface area is 127 Å². The predicted molar refractivity (Wildman–Crippen MR) is 80.4 cm³/mol. The number of benzene rings is 1. The molecule has 0 amide bonds. The molecule has 0 fully saturated rings. The molecular formula is C15H15ClN2O3. The third-order valence-electron chi connectivity index (χ3n) is 3.18. The number of nitrogens with zero attached hydrogens (tertiary/aromatic N) is 1. The second kappa shape index (κ2) is 5.69. The van der Waals surface area contributed by atoms with Crippen molar-refractivity contribution in [3.63, 3.8) is 0 Å². The van der Waals surface area contributed by atoms with Crippen molar-refractivity contribution in [2.24, 2.45) is 0 Å². The summed E-state index contributed by atoms with van der Waals surface area (Å²) in [6.45, 7) is 2.77. The van der Waals surface area contributed by atoms with Crippen LogP contribution in [0.3, 0.4) is 0 Å². The molecule has 6 heteroatoms. The van der Waals surface area contributed by atoms with Crippen LogP contribution in [0.15, 0.2) is 24.4 Å². The zero-order chi connectivity index (χ0) is 14.8. The van der Waals surface area contributed by atoms with Crippen molar-refractivity contribution in [1.29, 1.82) is 0 Å². The molecule has 0 radical (unpaired) electrons. The normalized spacial score (nSPS) is 12.3. The quantitative estimate of drug-likeness (QED) is 0.878. The zero-order valence-corrected chi connectivity index (χ0v) is 12.5. The molecular weight excluding hydrogens is 292 g/mol. The topological polar surface area (TPSA) is 52.6 Å². The smallest absolute Gasteiger partial charge is 0.231 e. The molecule has 5 nitrogen and oxygen atoms in total. The van der Waals surface area contributed by atoms with E-state index < -0.39 is 0 Å². The highest BCUT2D eigenvalue weighted by Crippen LogP contribution is 2.41. The van der Waals surface area contributed by atoms with E-state index in [0.29, 0.717) is 28.9 Å². The van der Waals surface area contributed by atoms with E-state index in [1.54, 1.807) is 13.3 Å². The minimum atomic E-state index is 0.218. The number of rotatable bonds is 4. The van der Waals surface area contributed by atoms with Gasteiger partial charge in [-0.15, -0.1) is 0 Å². The van der Waals surface area contributed by atoms with E-state index in [4.69, 9.17) is 25.8 Å². The first-order chi connectivity index (χ1) is 10.2. The van der Waals surface area contributed by atoms with E-state index in [1.165, 1.54) is 0 Å². The van der Waals surface area contributed by atoms with Crippen LogP contribution in [0, 0.1) is 6.92 Å². The molecule has 1 aliphatic heterocycles. The van der Waals surface area contributed by atoms with Crippen LogP contribution < -0.4 is 19.5 Å². The summed E-state index contributed by atoms with van der Waals surface area (Å²) in [6.07, 6.45) is 1.73. The van der Waals surface area contributed by atoms with Gasteiger partial charge < -0.3 is 19.5 Å². The van der Waals surface area contributed by atoms with Crippen molar-refractivity contribution in [2.75, 3.05) is 19.2 Å². The summed E-state index contributed by atoms with van der Waals surface area (Å²) in [5.74, 6) is 2.01. The first-order valence-electron chi connectivity index (χ1n) is 6.50. The maximum absolute atomic E-state index is 6.07. The average Bonchev–Trinajstić information content (AvgIpc) is 2.95. The van der Waals surface area contributed by atoms with Gasteiger partial charge in [-0.1, -0.05) is 11.6 Å². The number of halogens is 1. The summed E-state index contributed by atoms with van der Waals surface area (Å²) >= 11 is 6.07. The Morgan fingerprint density at radius 2 is 2.19 bits per heavy atom. The number of methoxy groups -OCH3 is 1. The average molecular weight is 307 g/mol. The standard InChI is InChI=1S/C15H15ClN2O3/c1-9-3-11(15(16)18-6-9)17-7-10-4-12(19-2)14-13(5-10)20-8-21-14/h3-6,17H,7-8H2,1-2H3. The van der Waals surface area contributed by atoms with Gasteiger partial charge in [0, 0.05) is 12.7 Å². The van der Waals surface area contributed by atoms with Crippen LogP contribution in [0.5, 0.6) is 17.2 Å². The number of nitrogens with one attached hydrogen (secondary N) is 1. The number of fused-ring (bicyclic) bond motifs is 1. The molecule has 1 N–H and O–H groups in total. The molecule has 1 aromatic carbocycles. The van der Waals surface area contributed by atoms with Gasteiger partial charge in [-0.05, 0) is 36.2 Å². The monoisotopic (exact) mass is 306 g/mol. The van der Waals surface area contributed by atoms with Gasteiger partial charge in [0.25, 0.3) is 0 Å². The molecule has 1 aromatic heterocycles. The van der Waals surface area contributed by atoms with Gasteiger partial charge in [0.2, 0.25) is 12.5 Å². The SMILES string of the molecule is COc1cc(CNc2cc(C)cnc2Cl)cc2c1OCO2. The van der Waals surface area contributed by atoms with Gasteiger partial charge in [-0.2, -0.15) is 0 Å². The van der Waals surface area contributed by atoms with E-state index in [0.717, 1.165) is 16.8 Å². The van der Waals surface area contributed by atoms with Gasteiger partial charge in [0.05, 0.1) is 12.8 Å². The molecule has 0 saturated heterocycles. The summed E-state index contributed by atoms with van der Waals surface area (Å²) in [4.78, 5) is 4.12. The van der Waals surface area contributed by atoms with Crippen molar-refractivity contribution in [3.05, 3.63) is 40.7 Å². The van der Waals surface area contributed by atoms with Gasteiger partial charge in [0.15, 0.2) is 16.7 Å². The Kier molecular flexibility index (Phi) is 3.75. The Balaban J connectivity index is 1.81. The van der Waals surface area contributed by atoms with Crippen molar-refractivity contribution in [3.8, 4) is 17.2 Å². The Bertz CT molecular complexity index is 676. The second-order valence-corrected chi connectivity index (χ2v) is 5.09. The van der Waals surface area contributed by atoms with Crippen LogP contribution in [-0.4, -0.2) is 18.9 Å². The molecule has 21 heavy (non-hydrogen) atoms. The molecule has 0 spiro atoms. The van der Waals surface area contributed by atoms with Gasteiger partial charge >= 0.3 is 0 Å². The maximum Gasteiger partial charge on any atom is 0.231 e. The Morgan fingerprint density at radius 3 is 3.00 bits per heavy atom. The number of anilines is 1. The molecule has 1 aliphatic rings. The lowest BCUT2D eigenvalue weighted by atomic mass is 10.1. The molecule has 2 heterocycles. The Morgan fingerprint density at radius 1 is 1.33 bits per heavy atom. The van der Waals surface area contributed by atoms with E-state index in [2.05, 4.69) is 10.3 Å². The third-order valence-corrected chi connectivity index (χ3v) is 3.48. The van der Waals surface area contributed by atoms with Crippen LogP contribution in [0.1, 0.15) is 11.1 Å². The molecule has 3 rings (SSSR count). The summed E-state index contributed by atoms with van der Waals surface area (Å²) < 4.78 is 16.1. The lowest BCUT2D eigenvalue weighted by molar-refractivity contribution is 0.171. The van der Waals surface area contributed by atoms with Crippen LogP contribution in [0.2, 0.25) is 5.15 Å². The van der Waals surface area contributed by atoms with E-state index in [-0.39, 0.29) is 6.79 Å². The van der Waals surface area contributed by atoms with Gasteiger partial charge in [0.1, 0.15) is 0 Å². The minimum Gasteiger partial charge on any atom is -0.493 e. The van der Waals surface area contributed by atoms with Crippen molar-refractivity contribution < 1.29 is 14.2 Å². The second-order valence-electron chi connectivity index (χ2n) is 4.74. The lowest BCUT2D eigenvalue weighted by Crippen LogP contribution is -2.01. The molecule has 2 aromatic rings.